The normalized spacial score (nSPS) is 11.1. The van der Waals surface area contributed by atoms with E-state index in [1.54, 1.807) is 12.1 Å². The smallest absolute Gasteiger partial charge is 0.186 e. The molecule has 0 aliphatic heterocycles. The van der Waals surface area contributed by atoms with Gasteiger partial charge >= 0.3 is 0 Å². The van der Waals surface area contributed by atoms with Gasteiger partial charge in [0.1, 0.15) is 5.82 Å². The van der Waals surface area contributed by atoms with Gasteiger partial charge in [0.15, 0.2) is 5.78 Å². The molecule has 0 heterocycles. The van der Waals surface area contributed by atoms with Crippen LogP contribution in [-0.4, -0.2) is 11.6 Å². The van der Waals surface area contributed by atoms with Crippen molar-refractivity contribution in [2.24, 2.45) is 0 Å². The average molecular weight is 398 g/mol. The van der Waals surface area contributed by atoms with Gasteiger partial charge in [-0.3, -0.25) is 4.79 Å². The topological polar surface area (TPSA) is 17.1 Å². The molecule has 1 nitrogen and oxygen atoms in total. The number of ketones is 1. The van der Waals surface area contributed by atoms with E-state index in [0.29, 0.717) is 5.56 Å². The number of hydrogen-bond donors (Lipinski definition) is 0. The van der Waals surface area contributed by atoms with Crippen LogP contribution in [-0.2, 0) is 0 Å². The first-order valence-corrected chi connectivity index (χ1v) is 11.3. The molecule has 142 valence electrons. The molecule has 0 unspecified atom stereocenters. The lowest BCUT2D eigenvalue weighted by Gasteiger charge is -2.28. The van der Waals surface area contributed by atoms with E-state index in [9.17, 15) is 9.18 Å². The molecule has 3 heteroatoms. The summed E-state index contributed by atoms with van der Waals surface area (Å²) in [6.07, 6.45) is 0. The first-order chi connectivity index (χ1) is 14.2. The third kappa shape index (κ3) is 3.85. The Labute approximate surface area is 170 Å². The summed E-state index contributed by atoms with van der Waals surface area (Å²) >= 11 is 0. The van der Waals surface area contributed by atoms with Crippen LogP contribution in [0.3, 0.4) is 0 Å². The van der Waals surface area contributed by atoms with Gasteiger partial charge in [-0.2, -0.15) is 0 Å². The van der Waals surface area contributed by atoms with Crippen molar-refractivity contribution in [1.82, 2.24) is 0 Å². The average Bonchev–Trinajstić information content (AvgIpc) is 2.79. The number of carbonyl (C=O) groups is 1. The lowest BCUT2D eigenvalue weighted by Crippen LogP contribution is -2.28. The maximum atomic E-state index is 13.8. The van der Waals surface area contributed by atoms with Crippen LogP contribution in [0.4, 0.5) is 4.39 Å². The second kappa shape index (κ2) is 8.43. The van der Waals surface area contributed by atoms with E-state index in [2.05, 4.69) is 36.4 Å². The van der Waals surface area contributed by atoms with E-state index in [-0.39, 0.29) is 5.78 Å². The molecule has 4 aromatic rings. The quantitative estimate of drug-likeness (QED) is 0.349. The van der Waals surface area contributed by atoms with Crippen molar-refractivity contribution in [2.75, 3.05) is 0 Å². The van der Waals surface area contributed by atoms with Crippen molar-refractivity contribution < 1.29 is 9.18 Å². The van der Waals surface area contributed by atoms with E-state index < -0.39 is 12.7 Å². The van der Waals surface area contributed by atoms with Crippen LogP contribution in [0.25, 0.3) is 0 Å². The van der Waals surface area contributed by atoms with Crippen molar-refractivity contribution in [3.8, 4) is 0 Å². The van der Waals surface area contributed by atoms with E-state index in [0.717, 1.165) is 15.9 Å². The van der Waals surface area contributed by atoms with Crippen LogP contribution in [0.5, 0.6) is 0 Å². The zero-order valence-electron chi connectivity index (χ0n) is 15.8. The molecule has 0 radical (unpaired) electrons. The van der Waals surface area contributed by atoms with Gasteiger partial charge in [-0.05, 0) is 40.7 Å². The van der Waals surface area contributed by atoms with Gasteiger partial charge in [-0.15, -0.1) is 0 Å². The van der Waals surface area contributed by atoms with Crippen molar-refractivity contribution >= 4 is 34.4 Å². The summed E-state index contributed by atoms with van der Waals surface area (Å²) in [6, 6.07) is 36.2. The first kappa shape index (κ1) is 19.1. The molecule has 4 rings (SSSR count). The van der Waals surface area contributed by atoms with Crippen LogP contribution in [0.2, 0.25) is 0 Å². The van der Waals surface area contributed by atoms with E-state index in [1.165, 1.54) is 12.1 Å². The largest absolute Gasteiger partial charge is 0.289 e. The Kier molecular flexibility index (Phi) is 5.55. The fourth-order valence-electron chi connectivity index (χ4n) is 3.55. The Morgan fingerprint density at radius 3 is 1.48 bits per heavy atom. The molecule has 0 aliphatic carbocycles. The Balaban J connectivity index is 2.07. The number of rotatable bonds is 5. The fourth-order valence-corrected chi connectivity index (χ4v) is 7.32. The molecule has 29 heavy (non-hydrogen) atoms. The molecule has 0 aliphatic rings. The monoisotopic (exact) mass is 398 g/mol. The molecular weight excluding hydrogens is 378 g/mol. The minimum Gasteiger partial charge on any atom is -0.289 e. The highest BCUT2D eigenvalue weighted by Gasteiger charge is 2.26. The zero-order valence-corrected chi connectivity index (χ0v) is 16.7. The van der Waals surface area contributed by atoms with Crippen LogP contribution in [0.1, 0.15) is 10.4 Å². The van der Waals surface area contributed by atoms with Gasteiger partial charge in [0.25, 0.3) is 0 Å². The number of Topliss-reactive ketones (excluding diaryl/α,β-unsaturated/α-hetero) is 1. The SMILES string of the molecule is O=C(C=P(c1ccccc1)(c1ccccc1)c1ccccc1)c1cccc(F)c1. The molecule has 0 saturated heterocycles. The maximum Gasteiger partial charge on any atom is 0.186 e. The van der Waals surface area contributed by atoms with Crippen LogP contribution >= 0.6 is 6.89 Å². The second-order valence-corrected chi connectivity index (χ2v) is 9.99. The highest BCUT2D eigenvalue weighted by molar-refractivity contribution is 7.95. The summed E-state index contributed by atoms with van der Waals surface area (Å²) in [5.41, 5.74) is 0.358. The van der Waals surface area contributed by atoms with E-state index >= 15 is 0 Å². The van der Waals surface area contributed by atoms with Crippen LogP contribution in [0.15, 0.2) is 115 Å². The summed E-state index contributed by atoms with van der Waals surface area (Å²) in [7, 11) is 0. The van der Waals surface area contributed by atoms with Gasteiger partial charge in [0, 0.05) is 5.56 Å². The molecular formula is C26H20FOP. The highest BCUT2D eigenvalue weighted by Crippen LogP contribution is 2.43. The minimum atomic E-state index is -2.39. The van der Waals surface area contributed by atoms with Crippen molar-refractivity contribution in [3.63, 3.8) is 0 Å². The molecule has 0 amide bonds. The third-order valence-corrected chi connectivity index (χ3v) is 8.87. The second-order valence-electron chi connectivity index (χ2n) is 6.73. The Bertz CT molecular complexity index is 1070. The van der Waals surface area contributed by atoms with E-state index in [4.69, 9.17) is 0 Å². The van der Waals surface area contributed by atoms with Gasteiger partial charge < -0.3 is 0 Å². The molecule has 4 aromatic carbocycles. The predicted molar refractivity (Wildman–Crippen MR) is 122 cm³/mol. The number of carbonyl (C=O) groups excluding carboxylic acids is 1. The summed E-state index contributed by atoms with van der Waals surface area (Å²) in [6.45, 7) is -2.39. The molecule has 0 bridgehead atoms. The standard InChI is InChI=1S/C26H20FOP/c27-22-12-10-11-21(19-22)26(28)20-29(23-13-4-1-5-14-23,24-15-6-2-7-16-24)25-17-8-3-9-18-25/h1-20H. The first-order valence-electron chi connectivity index (χ1n) is 9.41. The predicted octanol–water partition coefficient (Wildman–Crippen LogP) is 4.80. The molecule has 0 atom stereocenters. The molecule has 0 saturated carbocycles. The Hall–Kier alpha value is -3.22. The summed E-state index contributed by atoms with van der Waals surface area (Å²) in [5, 5.41) is 3.26. The van der Waals surface area contributed by atoms with Crippen molar-refractivity contribution in [1.29, 1.82) is 0 Å². The molecule has 0 aromatic heterocycles. The fraction of sp³-hybridized carbons (Fsp3) is 0. The molecule has 0 fully saturated rings. The van der Waals surface area contributed by atoms with Gasteiger partial charge in [-0.25, -0.2) is 4.39 Å². The molecule has 0 spiro atoms. The lowest BCUT2D eigenvalue weighted by molar-refractivity contribution is 0.107. The zero-order chi connectivity index (χ0) is 20.1. The maximum absolute atomic E-state index is 13.8. The van der Waals surface area contributed by atoms with Gasteiger partial charge in [0.05, 0.1) is 0 Å². The molecule has 0 N–H and O–H groups in total. The van der Waals surface area contributed by atoms with Crippen molar-refractivity contribution in [3.05, 3.63) is 127 Å². The van der Waals surface area contributed by atoms with Crippen molar-refractivity contribution in [2.45, 2.75) is 0 Å². The Morgan fingerprint density at radius 2 is 1.07 bits per heavy atom. The van der Waals surface area contributed by atoms with E-state index in [1.807, 2.05) is 60.4 Å². The highest BCUT2D eigenvalue weighted by atomic mass is 31.2. The number of benzene rings is 4. The summed E-state index contributed by atoms with van der Waals surface area (Å²) in [5.74, 6) is 1.24. The number of hydrogen-bond acceptors (Lipinski definition) is 1. The summed E-state index contributed by atoms with van der Waals surface area (Å²) in [4.78, 5) is 13.3. The minimum absolute atomic E-state index is 0.172. The lowest BCUT2D eigenvalue weighted by atomic mass is 10.1. The van der Waals surface area contributed by atoms with Crippen LogP contribution in [0, 0.1) is 5.82 Å². The Morgan fingerprint density at radius 1 is 0.621 bits per heavy atom. The van der Waals surface area contributed by atoms with Gasteiger partial charge in [-0.1, -0.05) is 103 Å². The number of halogens is 1. The summed E-state index contributed by atoms with van der Waals surface area (Å²) < 4.78 is 13.8. The third-order valence-electron chi connectivity index (χ3n) is 4.91. The van der Waals surface area contributed by atoms with Gasteiger partial charge in [0.2, 0.25) is 0 Å². The van der Waals surface area contributed by atoms with Crippen LogP contribution < -0.4 is 15.9 Å².